The van der Waals surface area contributed by atoms with E-state index >= 15 is 0 Å². The van der Waals surface area contributed by atoms with Crippen molar-refractivity contribution in [1.29, 1.82) is 0 Å². The maximum absolute atomic E-state index is 5.87. The Bertz CT molecular complexity index is 661. The van der Waals surface area contributed by atoms with Crippen molar-refractivity contribution in [3.8, 4) is 10.6 Å². The molecule has 0 aliphatic carbocycles. The Labute approximate surface area is 127 Å². The number of anilines is 1. The molecule has 0 atom stereocenters. The summed E-state index contributed by atoms with van der Waals surface area (Å²) in [6.45, 7) is 0.785. The molecule has 0 saturated heterocycles. The molecule has 0 aliphatic heterocycles. The average molecular weight is 301 g/mol. The smallest absolute Gasteiger partial charge is 0.123 e. The van der Waals surface area contributed by atoms with E-state index in [1.54, 1.807) is 11.3 Å². The third kappa shape index (κ3) is 3.18. The van der Waals surface area contributed by atoms with Gasteiger partial charge in [-0.3, -0.25) is 0 Å². The summed E-state index contributed by atoms with van der Waals surface area (Å²) in [6, 6.07) is 16.2. The van der Waals surface area contributed by atoms with E-state index in [4.69, 9.17) is 11.6 Å². The number of aromatic nitrogens is 1. The number of nitrogens with zero attached hydrogens (tertiary/aromatic N) is 1. The van der Waals surface area contributed by atoms with Gasteiger partial charge in [0, 0.05) is 34.4 Å². The summed E-state index contributed by atoms with van der Waals surface area (Å²) in [7, 11) is 0. The Morgan fingerprint density at radius 1 is 1.00 bits per heavy atom. The van der Waals surface area contributed by atoms with Crippen molar-refractivity contribution in [1.82, 2.24) is 4.98 Å². The molecule has 0 unspecified atom stereocenters. The summed E-state index contributed by atoms with van der Waals surface area (Å²) in [5.41, 5.74) is 3.45. The second-order valence-electron chi connectivity index (χ2n) is 4.39. The lowest BCUT2D eigenvalue weighted by atomic mass is 10.2. The summed E-state index contributed by atoms with van der Waals surface area (Å²) >= 11 is 7.52. The molecule has 20 heavy (non-hydrogen) atoms. The van der Waals surface area contributed by atoms with Gasteiger partial charge >= 0.3 is 0 Å². The first-order chi connectivity index (χ1) is 9.81. The van der Waals surface area contributed by atoms with Gasteiger partial charge in [0.1, 0.15) is 5.01 Å². The van der Waals surface area contributed by atoms with Crippen LogP contribution in [0.5, 0.6) is 0 Å². The quantitative estimate of drug-likeness (QED) is 0.727. The van der Waals surface area contributed by atoms with Crippen LogP contribution in [0.4, 0.5) is 5.69 Å². The van der Waals surface area contributed by atoms with Crippen LogP contribution in [0.3, 0.4) is 0 Å². The van der Waals surface area contributed by atoms with Gasteiger partial charge in [0.25, 0.3) is 0 Å². The van der Waals surface area contributed by atoms with Gasteiger partial charge in [-0.2, -0.15) is 0 Å². The largest absolute Gasteiger partial charge is 0.381 e. The van der Waals surface area contributed by atoms with Gasteiger partial charge in [0.15, 0.2) is 0 Å². The molecular weight excluding hydrogens is 288 g/mol. The molecule has 1 aromatic heterocycles. The standard InChI is InChI=1S/C16H13ClN2S/c17-14-5-1-12(2-6-14)11-19-15-7-3-13(4-8-15)16-18-9-10-20-16/h1-10,19H,11H2. The minimum atomic E-state index is 0.765. The molecule has 100 valence electrons. The Morgan fingerprint density at radius 3 is 2.40 bits per heavy atom. The monoisotopic (exact) mass is 300 g/mol. The van der Waals surface area contributed by atoms with Crippen LogP contribution < -0.4 is 5.32 Å². The van der Waals surface area contributed by atoms with Crippen molar-refractivity contribution in [3.63, 3.8) is 0 Å². The van der Waals surface area contributed by atoms with Crippen molar-refractivity contribution in [2.75, 3.05) is 5.32 Å². The number of thiazole rings is 1. The average Bonchev–Trinajstić information content (AvgIpc) is 3.01. The fraction of sp³-hybridized carbons (Fsp3) is 0.0625. The van der Waals surface area contributed by atoms with Crippen LogP contribution in [0.2, 0.25) is 5.02 Å². The van der Waals surface area contributed by atoms with Crippen LogP contribution in [-0.2, 0) is 6.54 Å². The Morgan fingerprint density at radius 2 is 1.75 bits per heavy atom. The Balaban J connectivity index is 1.65. The molecule has 4 heteroatoms. The topological polar surface area (TPSA) is 24.9 Å². The molecule has 3 aromatic rings. The highest BCUT2D eigenvalue weighted by Gasteiger charge is 2.00. The highest BCUT2D eigenvalue weighted by atomic mass is 35.5. The number of hydrogen-bond acceptors (Lipinski definition) is 3. The van der Waals surface area contributed by atoms with Gasteiger partial charge in [0.05, 0.1) is 0 Å². The van der Waals surface area contributed by atoms with Gasteiger partial charge in [-0.25, -0.2) is 4.98 Å². The molecule has 2 nitrogen and oxygen atoms in total. The van der Waals surface area contributed by atoms with Crippen LogP contribution in [0.15, 0.2) is 60.1 Å². The van der Waals surface area contributed by atoms with Crippen molar-refractivity contribution >= 4 is 28.6 Å². The zero-order valence-electron chi connectivity index (χ0n) is 10.7. The van der Waals surface area contributed by atoms with Gasteiger partial charge in [0.2, 0.25) is 0 Å². The van der Waals surface area contributed by atoms with E-state index in [9.17, 15) is 0 Å². The number of hydrogen-bond donors (Lipinski definition) is 1. The van der Waals surface area contributed by atoms with Crippen molar-refractivity contribution in [3.05, 3.63) is 70.7 Å². The third-order valence-electron chi connectivity index (χ3n) is 2.97. The number of rotatable bonds is 4. The first-order valence-electron chi connectivity index (χ1n) is 6.29. The zero-order chi connectivity index (χ0) is 13.8. The van der Waals surface area contributed by atoms with E-state index in [2.05, 4.69) is 34.6 Å². The fourth-order valence-electron chi connectivity index (χ4n) is 1.90. The summed E-state index contributed by atoms with van der Waals surface area (Å²) in [5.74, 6) is 0. The molecule has 1 heterocycles. The zero-order valence-corrected chi connectivity index (χ0v) is 12.3. The van der Waals surface area contributed by atoms with E-state index < -0.39 is 0 Å². The van der Waals surface area contributed by atoms with E-state index in [1.807, 2.05) is 35.8 Å². The summed E-state index contributed by atoms with van der Waals surface area (Å²) in [4.78, 5) is 4.30. The van der Waals surface area contributed by atoms with Crippen molar-refractivity contribution in [2.45, 2.75) is 6.54 Å². The molecule has 0 aliphatic rings. The molecule has 0 spiro atoms. The lowest BCUT2D eigenvalue weighted by molar-refractivity contribution is 1.15. The first-order valence-corrected chi connectivity index (χ1v) is 7.55. The van der Waals surface area contributed by atoms with Crippen LogP contribution in [0, 0.1) is 0 Å². The van der Waals surface area contributed by atoms with Crippen LogP contribution >= 0.6 is 22.9 Å². The third-order valence-corrected chi connectivity index (χ3v) is 4.05. The summed E-state index contributed by atoms with van der Waals surface area (Å²) in [5, 5.41) is 7.20. The lowest BCUT2D eigenvalue weighted by Crippen LogP contribution is -1.98. The molecule has 0 radical (unpaired) electrons. The predicted octanol–water partition coefficient (Wildman–Crippen LogP) is 5.08. The highest BCUT2D eigenvalue weighted by molar-refractivity contribution is 7.13. The van der Waals surface area contributed by atoms with Gasteiger partial charge < -0.3 is 5.32 Å². The molecular formula is C16H13ClN2S. The summed E-state index contributed by atoms with van der Waals surface area (Å²) in [6.07, 6.45) is 1.83. The fourth-order valence-corrected chi connectivity index (χ4v) is 2.67. The Kier molecular flexibility index (Phi) is 4.00. The highest BCUT2D eigenvalue weighted by Crippen LogP contribution is 2.23. The first kappa shape index (κ1) is 13.2. The van der Waals surface area contributed by atoms with Crippen molar-refractivity contribution in [2.24, 2.45) is 0 Å². The second-order valence-corrected chi connectivity index (χ2v) is 5.73. The SMILES string of the molecule is Clc1ccc(CNc2ccc(-c3nccs3)cc2)cc1. The minimum absolute atomic E-state index is 0.765. The molecule has 0 saturated carbocycles. The van der Waals surface area contributed by atoms with E-state index in [-0.39, 0.29) is 0 Å². The van der Waals surface area contributed by atoms with E-state index in [0.29, 0.717) is 0 Å². The minimum Gasteiger partial charge on any atom is -0.381 e. The second kappa shape index (κ2) is 6.07. The number of halogens is 1. The van der Waals surface area contributed by atoms with Crippen LogP contribution in [0.1, 0.15) is 5.56 Å². The molecule has 0 amide bonds. The molecule has 2 aromatic carbocycles. The van der Waals surface area contributed by atoms with Crippen molar-refractivity contribution < 1.29 is 0 Å². The van der Waals surface area contributed by atoms with E-state index in [0.717, 1.165) is 27.8 Å². The maximum atomic E-state index is 5.87. The Hall–Kier alpha value is -1.84. The number of nitrogens with one attached hydrogen (secondary N) is 1. The molecule has 0 fully saturated rings. The predicted molar refractivity (Wildman–Crippen MR) is 86.3 cm³/mol. The molecule has 0 bridgehead atoms. The summed E-state index contributed by atoms with van der Waals surface area (Å²) < 4.78 is 0. The van der Waals surface area contributed by atoms with Gasteiger partial charge in [-0.1, -0.05) is 23.7 Å². The van der Waals surface area contributed by atoms with Gasteiger partial charge in [-0.15, -0.1) is 11.3 Å². The number of benzene rings is 2. The van der Waals surface area contributed by atoms with Gasteiger partial charge in [-0.05, 0) is 42.0 Å². The van der Waals surface area contributed by atoms with E-state index in [1.165, 1.54) is 5.56 Å². The molecule has 1 N–H and O–H groups in total. The maximum Gasteiger partial charge on any atom is 0.123 e. The lowest BCUT2D eigenvalue weighted by Gasteiger charge is -2.07. The molecule has 3 rings (SSSR count). The van der Waals surface area contributed by atoms with Crippen LogP contribution in [-0.4, -0.2) is 4.98 Å². The van der Waals surface area contributed by atoms with Crippen LogP contribution in [0.25, 0.3) is 10.6 Å². The normalized spacial score (nSPS) is 10.4.